The molecule has 0 heterocycles. The Bertz CT molecular complexity index is 615. The maximum atomic E-state index is 14.2. The summed E-state index contributed by atoms with van der Waals surface area (Å²) in [5.74, 6) is 0. The van der Waals surface area contributed by atoms with E-state index in [1.54, 1.807) is 31.2 Å². The van der Waals surface area contributed by atoms with E-state index in [9.17, 15) is 8.60 Å². The van der Waals surface area contributed by atoms with Gasteiger partial charge in [0.15, 0.2) is 5.16 Å². The van der Waals surface area contributed by atoms with Gasteiger partial charge in [0.05, 0.1) is 0 Å². The van der Waals surface area contributed by atoms with Crippen molar-refractivity contribution in [2.45, 2.75) is 18.7 Å². The normalized spacial score (nSPS) is 13.8. The Kier molecular flexibility index (Phi) is 4.27. The Balaban J connectivity index is 2.35. The van der Waals surface area contributed by atoms with E-state index in [0.29, 0.717) is 10.5 Å². The fourth-order valence-electron chi connectivity index (χ4n) is 1.71. The van der Waals surface area contributed by atoms with Gasteiger partial charge in [-0.3, -0.25) is 0 Å². The lowest BCUT2D eigenvalue weighted by Crippen LogP contribution is -1.95. The van der Waals surface area contributed by atoms with Crippen molar-refractivity contribution in [3.8, 4) is 0 Å². The van der Waals surface area contributed by atoms with Gasteiger partial charge in [0, 0.05) is 10.5 Å². The van der Waals surface area contributed by atoms with Crippen LogP contribution in [0.25, 0.3) is 5.57 Å². The lowest BCUT2D eigenvalue weighted by Gasteiger charge is -2.05. The fraction of sp³-hybridized carbons (Fsp3) is 0.125. The Morgan fingerprint density at radius 3 is 2.16 bits per heavy atom. The van der Waals surface area contributed by atoms with Crippen LogP contribution in [-0.2, 0) is 10.8 Å². The highest BCUT2D eigenvalue weighted by Gasteiger charge is 2.14. The molecule has 0 aliphatic rings. The van der Waals surface area contributed by atoms with Gasteiger partial charge < -0.3 is 0 Å². The lowest BCUT2D eigenvalue weighted by atomic mass is 10.1. The monoisotopic (exact) mass is 274 g/mol. The van der Waals surface area contributed by atoms with E-state index < -0.39 is 16.0 Å². The number of allylic oxidation sites excluding steroid dienone is 1. The number of rotatable bonds is 3. The average Bonchev–Trinajstić information content (AvgIpc) is 2.46. The van der Waals surface area contributed by atoms with E-state index in [0.717, 1.165) is 11.1 Å². The zero-order chi connectivity index (χ0) is 13.8. The van der Waals surface area contributed by atoms with Gasteiger partial charge in [0.2, 0.25) is 0 Å². The Hall–Kier alpha value is -1.74. The van der Waals surface area contributed by atoms with Gasteiger partial charge >= 0.3 is 0 Å². The molecule has 2 aromatic rings. The predicted molar refractivity (Wildman–Crippen MR) is 77.7 cm³/mol. The van der Waals surface area contributed by atoms with Crippen LogP contribution in [0.15, 0.2) is 64.7 Å². The molecule has 0 bridgehead atoms. The van der Waals surface area contributed by atoms with Crippen LogP contribution in [0.1, 0.15) is 18.1 Å². The van der Waals surface area contributed by atoms with Crippen LogP contribution in [0.3, 0.4) is 0 Å². The van der Waals surface area contributed by atoms with E-state index in [4.69, 9.17) is 0 Å². The zero-order valence-electron chi connectivity index (χ0n) is 10.9. The molecule has 19 heavy (non-hydrogen) atoms. The average molecular weight is 274 g/mol. The minimum atomic E-state index is -1.75. The highest BCUT2D eigenvalue weighted by Crippen LogP contribution is 2.25. The van der Waals surface area contributed by atoms with Crippen molar-refractivity contribution in [3.63, 3.8) is 0 Å². The quantitative estimate of drug-likeness (QED) is 0.807. The highest BCUT2D eigenvalue weighted by atomic mass is 32.2. The van der Waals surface area contributed by atoms with Crippen molar-refractivity contribution in [1.82, 2.24) is 0 Å². The van der Waals surface area contributed by atoms with Crippen LogP contribution in [-0.4, -0.2) is 4.21 Å². The van der Waals surface area contributed by atoms with Gasteiger partial charge in [0.1, 0.15) is 10.8 Å². The fourth-order valence-corrected chi connectivity index (χ4v) is 2.69. The molecule has 98 valence electrons. The van der Waals surface area contributed by atoms with E-state index in [2.05, 4.69) is 0 Å². The zero-order valence-corrected chi connectivity index (χ0v) is 11.7. The van der Waals surface area contributed by atoms with Crippen molar-refractivity contribution in [3.05, 3.63) is 70.9 Å². The van der Waals surface area contributed by atoms with Crippen molar-refractivity contribution in [2.75, 3.05) is 0 Å². The summed E-state index contributed by atoms with van der Waals surface area (Å²) in [5, 5.41) is -0.588. The molecule has 0 spiro atoms. The number of benzene rings is 2. The summed E-state index contributed by atoms with van der Waals surface area (Å²) >= 11 is 0. The molecule has 0 N–H and O–H groups in total. The standard InChI is InChI=1S/C16H15FOS/c1-12-8-10-15(11-9-12)19(18)16(17)13(2)14-6-4-3-5-7-14/h3-11H,1-2H3/b16-13-/t19-/m0/s1. The summed E-state index contributed by atoms with van der Waals surface area (Å²) in [7, 11) is -1.75. The molecule has 1 nitrogen and oxygen atoms in total. The Morgan fingerprint density at radius 2 is 1.58 bits per heavy atom. The van der Waals surface area contributed by atoms with Crippen LogP contribution in [0.2, 0.25) is 0 Å². The minimum absolute atomic E-state index is 0.416. The van der Waals surface area contributed by atoms with E-state index >= 15 is 0 Å². The van der Waals surface area contributed by atoms with Crippen LogP contribution in [0, 0.1) is 6.92 Å². The molecule has 0 amide bonds. The number of halogens is 1. The third-order valence-electron chi connectivity index (χ3n) is 2.90. The van der Waals surface area contributed by atoms with Gasteiger partial charge in [-0.15, -0.1) is 0 Å². The largest absolute Gasteiger partial charge is 0.247 e. The second-order valence-electron chi connectivity index (χ2n) is 4.35. The topological polar surface area (TPSA) is 17.1 Å². The molecule has 0 radical (unpaired) electrons. The summed E-state index contributed by atoms with van der Waals surface area (Å²) in [6.07, 6.45) is 0. The van der Waals surface area contributed by atoms with E-state index in [1.165, 1.54) is 0 Å². The molecule has 0 saturated heterocycles. The van der Waals surface area contributed by atoms with Gasteiger partial charge in [0.25, 0.3) is 0 Å². The SMILES string of the molecule is C/C(=C(\F)[S@@](=O)c1ccc(C)cc1)c1ccccc1. The van der Waals surface area contributed by atoms with Crippen LogP contribution >= 0.6 is 0 Å². The van der Waals surface area contributed by atoms with Gasteiger partial charge in [-0.1, -0.05) is 48.0 Å². The van der Waals surface area contributed by atoms with Gasteiger partial charge in [-0.2, -0.15) is 4.39 Å². The number of aryl methyl sites for hydroxylation is 1. The molecule has 0 saturated carbocycles. The van der Waals surface area contributed by atoms with Crippen molar-refractivity contribution in [2.24, 2.45) is 0 Å². The first-order chi connectivity index (χ1) is 9.09. The molecule has 2 rings (SSSR count). The molecular weight excluding hydrogens is 259 g/mol. The smallest absolute Gasteiger partial charge is 0.195 e. The minimum Gasteiger partial charge on any atom is -0.247 e. The Labute approximate surface area is 115 Å². The first-order valence-corrected chi connectivity index (χ1v) is 7.15. The number of hydrogen-bond donors (Lipinski definition) is 0. The maximum absolute atomic E-state index is 14.2. The van der Waals surface area contributed by atoms with Crippen molar-refractivity contribution in [1.29, 1.82) is 0 Å². The van der Waals surface area contributed by atoms with Crippen LogP contribution in [0.5, 0.6) is 0 Å². The summed E-state index contributed by atoms with van der Waals surface area (Å²) in [6, 6.07) is 16.2. The third kappa shape index (κ3) is 3.18. The van der Waals surface area contributed by atoms with Crippen LogP contribution in [0.4, 0.5) is 4.39 Å². The molecule has 1 atom stereocenters. The molecule has 0 fully saturated rings. The van der Waals surface area contributed by atoms with Crippen molar-refractivity contribution < 1.29 is 8.60 Å². The van der Waals surface area contributed by atoms with Gasteiger partial charge in [-0.05, 0) is 31.5 Å². The van der Waals surface area contributed by atoms with E-state index in [1.807, 2.05) is 37.3 Å². The highest BCUT2D eigenvalue weighted by molar-refractivity contribution is 7.89. The molecular formula is C16H15FOS. The second-order valence-corrected chi connectivity index (χ2v) is 5.71. The third-order valence-corrected chi connectivity index (χ3v) is 4.23. The van der Waals surface area contributed by atoms with E-state index in [-0.39, 0.29) is 0 Å². The molecule has 0 aliphatic heterocycles. The first kappa shape index (κ1) is 13.7. The van der Waals surface area contributed by atoms with Crippen LogP contribution < -0.4 is 0 Å². The summed E-state index contributed by atoms with van der Waals surface area (Å²) in [6.45, 7) is 3.59. The number of hydrogen-bond acceptors (Lipinski definition) is 1. The summed E-state index contributed by atoms with van der Waals surface area (Å²) < 4.78 is 26.4. The first-order valence-electron chi connectivity index (χ1n) is 6.00. The lowest BCUT2D eigenvalue weighted by molar-refractivity contribution is 0.651. The second kappa shape index (κ2) is 5.93. The van der Waals surface area contributed by atoms with Gasteiger partial charge in [-0.25, -0.2) is 4.21 Å². The molecule has 0 aromatic heterocycles. The molecule has 3 heteroatoms. The predicted octanol–water partition coefficient (Wildman–Crippen LogP) is 4.46. The summed E-state index contributed by atoms with van der Waals surface area (Å²) in [4.78, 5) is 0.485. The maximum Gasteiger partial charge on any atom is 0.195 e. The molecule has 0 aliphatic carbocycles. The van der Waals surface area contributed by atoms with Crippen molar-refractivity contribution >= 4 is 16.4 Å². The molecule has 2 aromatic carbocycles. The Morgan fingerprint density at radius 1 is 1.00 bits per heavy atom. The molecule has 0 unspecified atom stereocenters. The summed E-state index contributed by atoms with van der Waals surface area (Å²) in [5.41, 5.74) is 2.23.